The minimum atomic E-state index is -0.375. The summed E-state index contributed by atoms with van der Waals surface area (Å²) in [5.41, 5.74) is -0.375. The molecule has 3 atom stereocenters. The first-order valence-electron chi connectivity index (χ1n) is 6.07. The number of carbonyl (C=O) groups is 1. The molecule has 0 aliphatic carbocycles. The van der Waals surface area contributed by atoms with Crippen molar-refractivity contribution >= 4 is 5.91 Å². The van der Waals surface area contributed by atoms with Crippen molar-refractivity contribution in [1.82, 2.24) is 15.1 Å². The summed E-state index contributed by atoms with van der Waals surface area (Å²) in [6.45, 7) is 9.12. The van der Waals surface area contributed by atoms with Crippen molar-refractivity contribution in [3.05, 3.63) is 0 Å². The third-order valence-corrected chi connectivity index (χ3v) is 3.46. The van der Waals surface area contributed by atoms with E-state index in [1.165, 1.54) is 0 Å². The summed E-state index contributed by atoms with van der Waals surface area (Å²) in [6, 6.07) is 0.248. The molecule has 1 amide bonds. The molecular weight excluding hydrogens is 202 g/mol. The average Bonchev–Trinajstić information content (AvgIpc) is 2.37. The van der Waals surface area contributed by atoms with Gasteiger partial charge in [-0.25, -0.2) is 0 Å². The Morgan fingerprint density at radius 2 is 2.12 bits per heavy atom. The van der Waals surface area contributed by atoms with E-state index in [9.17, 15) is 4.79 Å². The van der Waals surface area contributed by atoms with Crippen LogP contribution in [0.25, 0.3) is 0 Å². The van der Waals surface area contributed by atoms with E-state index in [-0.39, 0.29) is 23.7 Å². The molecule has 94 valence electrons. The highest BCUT2D eigenvalue weighted by atomic mass is 16.2. The second-order valence-electron chi connectivity index (χ2n) is 5.33. The van der Waals surface area contributed by atoms with E-state index in [1.54, 1.807) is 0 Å². The molecule has 1 fully saturated rings. The maximum atomic E-state index is 12.3. The number of carbonyl (C=O) groups excluding carboxylic acids is 1. The molecule has 1 N–H and O–H groups in total. The fraction of sp³-hybridized carbons (Fsp3) is 0.917. The Labute approximate surface area is 99.0 Å². The number of nitrogens with one attached hydrogen (secondary N) is 1. The number of nitrogens with zero attached hydrogens (tertiary/aromatic N) is 2. The molecule has 0 aromatic carbocycles. The Morgan fingerprint density at radius 1 is 1.56 bits per heavy atom. The summed E-state index contributed by atoms with van der Waals surface area (Å²) < 4.78 is 0. The van der Waals surface area contributed by atoms with Crippen LogP contribution in [0, 0.1) is 0 Å². The van der Waals surface area contributed by atoms with Gasteiger partial charge >= 0.3 is 0 Å². The fourth-order valence-electron chi connectivity index (χ4n) is 2.50. The van der Waals surface area contributed by atoms with E-state index in [0.29, 0.717) is 0 Å². The molecule has 1 aliphatic heterocycles. The minimum Gasteiger partial charge on any atom is -0.322 e. The predicted molar refractivity (Wildman–Crippen MR) is 66.2 cm³/mol. The van der Waals surface area contributed by atoms with Crippen LogP contribution >= 0.6 is 0 Å². The zero-order valence-electron chi connectivity index (χ0n) is 11.4. The van der Waals surface area contributed by atoms with E-state index >= 15 is 0 Å². The van der Waals surface area contributed by atoms with Crippen molar-refractivity contribution in [3.63, 3.8) is 0 Å². The van der Waals surface area contributed by atoms with E-state index in [4.69, 9.17) is 0 Å². The third kappa shape index (κ3) is 2.38. The van der Waals surface area contributed by atoms with Crippen molar-refractivity contribution in [3.8, 4) is 0 Å². The molecule has 0 spiro atoms. The van der Waals surface area contributed by atoms with Gasteiger partial charge < -0.3 is 9.80 Å². The van der Waals surface area contributed by atoms with Crippen molar-refractivity contribution < 1.29 is 4.79 Å². The van der Waals surface area contributed by atoms with E-state index in [2.05, 4.69) is 31.0 Å². The molecule has 3 unspecified atom stereocenters. The van der Waals surface area contributed by atoms with Crippen LogP contribution in [0.1, 0.15) is 34.1 Å². The van der Waals surface area contributed by atoms with Gasteiger partial charge in [-0.2, -0.15) is 0 Å². The Kier molecular flexibility index (Phi) is 3.97. The van der Waals surface area contributed by atoms with Gasteiger partial charge in [0.2, 0.25) is 5.91 Å². The zero-order chi connectivity index (χ0) is 12.5. The summed E-state index contributed by atoms with van der Waals surface area (Å²) in [6.07, 6.45) is 0.967. The predicted octanol–water partition coefficient (Wildman–Crippen LogP) is 0.883. The highest BCUT2D eigenvalue weighted by molar-refractivity contribution is 5.88. The highest BCUT2D eigenvalue weighted by Crippen LogP contribution is 2.25. The monoisotopic (exact) mass is 227 g/mol. The van der Waals surface area contributed by atoms with Crippen LogP contribution in [0.3, 0.4) is 0 Å². The molecule has 4 heteroatoms. The zero-order valence-corrected chi connectivity index (χ0v) is 11.4. The summed E-state index contributed by atoms with van der Waals surface area (Å²) in [7, 11) is 4.07. The Bertz CT molecular complexity index is 267. The molecule has 4 nitrogen and oxygen atoms in total. The minimum absolute atomic E-state index is 0.132. The molecule has 1 aliphatic rings. The van der Waals surface area contributed by atoms with Gasteiger partial charge in [0.25, 0.3) is 0 Å². The second-order valence-corrected chi connectivity index (χ2v) is 5.33. The largest absolute Gasteiger partial charge is 0.322 e. The molecular formula is C12H25N3O. The van der Waals surface area contributed by atoms with Gasteiger partial charge in [0.05, 0.1) is 11.7 Å². The van der Waals surface area contributed by atoms with Gasteiger partial charge in [0.1, 0.15) is 0 Å². The number of amides is 1. The Morgan fingerprint density at radius 3 is 2.50 bits per heavy atom. The van der Waals surface area contributed by atoms with Crippen molar-refractivity contribution in [1.29, 1.82) is 0 Å². The summed E-state index contributed by atoms with van der Waals surface area (Å²) in [5, 5.41) is 3.39. The van der Waals surface area contributed by atoms with Crippen LogP contribution < -0.4 is 5.32 Å². The summed E-state index contributed by atoms with van der Waals surface area (Å²) >= 11 is 0. The molecule has 0 bridgehead atoms. The molecule has 0 aromatic heterocycles. The lowest BCUT2D eigenvalue weighted by Gasteiger charge is -2.30. The maximum Gasteiger partial charge on any atom is 0.244 e. The lowest BCUT2D eigenvalue weighted by molar-refractivity contribution is -0.134. The summed E-state index contributed by atoms with van der Waals surface area (Å²) in [4.78, 5) is 16.4. The molecule has 16 heavy (non-hydrogen) atoms. The maximum absolute atomic E-state index is 12.3. The average molecular weight is 227 g/mol. The first kappa shape index (κ1) is 13.5. The van der Waals surface area contributed by atoms with Crippen LogP contribution in [0.5, 0.6) is 0 Å². The van der Waals surface area contributed by atoms with Crippen molar-refractivity contribution in [2.75, 3.05) is 20.6 Å². The normalized spacial score (nSPS) is 32.6. The van der Waals surface area contributed by atoms with E-state index in [0.717, 1.165) is 13.0 Å². The first-order chi connectivity index (χ1) is 7.31. The molecule has 1 rings (SSSR count). The molecule has 0 radical (unpaired) electrons. The lowest BCUT2D eigenvalue weighted by atomic mass is 9.99. The van der Waals surface area contributed by atoms with Crippen LogP contribution in [-0.2, 0) is 4.79 Å². The van der Waals surface area contributed by atoms with Gasteiger partial charge in [0.15, 0.2) is 0 Å². The fourth-order valence-corrected chi connectivity index (χ4v) is 2.50. The number of hydrogen-bond donors (Lipinski definition) is 1. The number of rotatable bonds is 4. The van der Waals surface area contributed by atoms with E-state index < -0.39 is 0 Å². The number of hydrogen-bond acceptors (Lipinski definition) is 3. The van der Waals surface area contributed by atoms with Crippen molar-refractivity contribution in [2.45, 2.75) is 51.9 Å². The molecule has 0 aromatic rings. The van der Waals surface area contributed by atoms with Gasteiger partial charge in [-0.3, -0.25) is 10.1 Å². The van der Waals surface area contributed by atoms with Gasteiger partial charge in [-0.1, -0.05) is 6.92 Å². The molecule has 1 heterocycles. The summed E-state index contributed by atoms with van der Waals surface area (Å²) in [5.74, 6) is 0.233. The van der Waals surface area contributed by atoms with Crippen LogP contribution in [-0.4, -0.2) is 54.1 Å². The SMILES string of the molecule is CCC1(C)NC(C)N(C(C)CN(C)C)C1=O. The van der Waals surface area contributed by atoms with Crippen molar-refractivity contribution in [2.24, 2.45) is 0 Å². The van der Waals surface area contributed by atoms with Crippen LogP contribution in [0.2, 0.25) is 0 Å². The van der Waals surface area contributed by atoms with Crippen LogP contribution in [0.15, 0.2) is 0 Å². The number of likely N-dealkylation sites (N-methyl/N-ethyl adjacent to an activating group) is 1. The van der Waals surface area contributed by atoms with Gasteiger partial charge in [-0.05, 0) is 41.3 Å². The first-order valence-corrected chi connectivity index (χ1v) is 6.07. The topological polar surface area (TPSA) is 35.6 Å². The standard InChI is InChI=1S/C12H25N3O/c1-7-12(4)11(16)15(10(3)13-12)9(2)8-14(5)6/h9-10,13H,7-8H2,1-6H3. The third-order valence-electron chi connectivity index (χ3n) is 3.46. The second kappa shape index (κ2) is 4.72. The molecule has 1 saturated heterocycles. The Hall–Kier alpha value is -0.610. The Balaban J connectivity index is 2.78. The smallest absolute Gasteiger partial charge is 0.244 e. The molecule has 0 saturated carbocycles. The van der Waals surface area contributed by atoms with Gasteiger partial charge in [0, 0.05) is 12.6 Å². The van der Waals surface area contributed by atoms with Gasteiger partial charge in [-0.15, -0.1) is 0 Å². The highest BCUT2D eigenvalue weighted by Gasteiger charge is 2.46. The van der Waals surface area contributed by atoms with E-state index in [1.807, 2.05) is 25.9 Å². The lowest BCUT2D eigenvalue weighted by Crippen LogP contribution is -2.47. The quantitative estimate of drug-likeness (QED) is 0.774. The van der Waals surface area contributed by atoms with Crippen LogP contribution in [0.4, 0.5) is 0 Å².